The Morgan fingerprint density at radius 3 is 2.83 bits per heavy atom. The lowest BCUT2D eigenvalue weighted by Crippen LogP contribution is -2.30. The second-order valence-electron chi connectivity index (χ2n) is 5.20. The van der Waals surface area contributed by atoms with Gasteiger partial charge in [0.25, 0.3) is 0 Å². The summed E-state index contributed by atoms with van der Waals surface area (Å²) in [4.78, 5) is 2.23. The summed E-state index contributed by atoms with van der Waals surface area (Å²) in [6, 6.07) is 7.22. The Morgan fingerprint density at radius 1 is 1.39 bits per heavy atom. The van der Waals surface area contributed by atoms with Gasteiger partial charge in [-0.25, -0.2) is 4.39 Å². The smallest absolute Gasteiger partial charge is 0.125 e. The van der Waals surface area contributed by atoms with E-state index in [9.17, 15) is 4.39 Å². The molecule has 0 amide bonds. The number of nitrogens with two attached hydrogens (primary N) is 1. The van der Waals surface area contributed by atoms with Gasteiger partial charge in [-0.2, -0.15) is 0 Å². The van der Waals surface area contributed by atoms with E-state index < -0.39 is 0 Å². The quantitative estimate of drug-likeness (QED) is 0.869. The molecule has 1 saturated carbocycles. The van der Waals surface area contributed by atoms with Crippen molar-refractivity contribution in [2.75, 3.05) is 18.0 Å². The Labute approximate surface area is 109 Å². The molecule has 2 nitrogen and oxygen atoms in total. The van der Waals surface area contributed by atoms with Gasteiger partial charge >= 0.3 is 0 Å². The van der Waals surface area contributed by atoms with Gasteiger partial charge in [-0.3, -0.25) is 0 Å². The molecule has 0 aromatic heterocycles. The number of anilines is 1. The molecule has 3 heteroatoms. The highest BCUT2D eigenvalue weighted by atomic mass is 19.1. The van der Waals surface area contributed by atoms with Crippen molar-refractivity contribution in [3.05, 3.63) is 30.1 Å². The molecule has 1 aromatic carbocycles. The van der Waals surface area contributed by atoms with Crippen molar-refractivity contribution in [1.29, 1.82) is 0 Å². The summed E-state index contributed by atoms with van der Waals surface area (Å²) in [7, 11) is 0. The zero-order chi connectivity index (χ0) is 13.0. The van der Waals surface area contributed by atoms with Gasteiger partial charge < -0.3 is 10.6 Å². The molecule has 1 aliphatic carbocycles. The first kappa shape index (κ1) is 13.3. The van der Waals surface area contributed by atoms with Crippen LogP contribution in [0.15, 0.2) is 24.3 Å². The van der Waals surface area contributed by atoms with E-state index >= 15 is 0 Å². The van der Waals surface area contributed by atoms with Gasteiger partial charge in [-0.05, 0) is 50.3 Å². The zero-order valence-electron chi connectivity index (χ0n) is 11.1. The summed E-state index contributed by atoms with van der Waals surface area (Å²) in [5, 5.41) is 0. The molecule has 2 N–H and O–H groups in total. The van der Waals surface area contributed by atoms with Crippen molar-refractivity contribution >= 4 is 5.69 Å². The number of hydrogen-bond donors (Lipinski definition) is 1. The molecule has 2 unspecified atom stereocenters. The van der Waals surface area contributed by atoms with Crippen molar-refractivity contribution in [2.24, 2.45) is 11.7 Å². The Bertz CT molecular complexity index is 381. The number of nitrogens with zero attached hydrogens (tertiary/aromatic N) is 1. The Balaban J connectivity index is 1.93. The van der Waals surface area contributed by atoms with Crippen LogP contribution >= 0.6 is 0 Å². The van der Waals surface area contributed by atoms with Gasteiger partial charge in [0.2, 0.25) is 0 Å². The van der Waals surface area contributed by atoms with Crippen LogP contribution in [0.5, 0.6) is 0 Å². The van der Waals surface area contributed by atoms with Crippen LogP contribution in [0, 0.1) is 11.7 Å². The predicted molar refractivity (Wildman–Crippen MR) is 74.2 cm³/mol. The number of hydrogen-bond acceptors (Lipinski definition) is 2. The third kappa shape index (κ3) is 3.22. The highest BCUT2D eigenvalue weighted by Crippen LogP contribution is 2.27. The molecule has 2 rings (SSSR count). The molecule has 0 bridgehead atoms. The van der Waals surface area contributed by atoms with Crippen molar-refractivity contribution in [2.45, 2.75) is 38.6 Å². The largest absolute Gasteiger partial charge is 0.372 e. The van der Waals surface area contributed by atoms with Gasteiger partial charge in [0.15, 0.2) is 0 Å². The van der Waals surface area contributed by atoms with E-state index in [1.54, 1.807) is 12.1 Å². The van der Waals surface area contributed by atoms with Crippen LogP contribution in [0.3, 0.4) is 0 Å². The minimum atomic E-state index is -0.163. The summed E-state index contributed by atoms with van der Waals surface area (Å²) < 4.78 is 13.2. The lowest BCUT2D eigenvalue weighted by molar-refractivity contribution is 0.446. The maximum Gasteiger partial charge on any atom is 0.125 e. The van der Waals surface area contributed by atoms with Crippen molar-refractivity contribution in [3.8, 4) is 0 Å². The van der Waals surface area contributed by atoms with E-state index in [1.165, 1.54) is 18.9 Å². The highest BCUT2D eigenvalue weighted by Gasteiger charge is 2.23. The Kier molecular flexibility index (Phi) is 4.59. The SMILES string of the molecule is CCN(CCC1CCCC1N)c1cccc(F)c1. The van der Waals surface area contributed by atoms with Crippen molar-refractivity contribution in [3.63, 3.8) is 0 Å². The average molecular weight is 250 g/mol. The van der Waals surface area contributed by atoms with Crippen molar-refractivity contribution in [1.82, 2.24) is 0 Å². The molecule has 2 atom stereocenters. The second kappa shape index (κ2) is 6.19. The Hall–Kier alpha value is -1.09. The first-order valence-electron chi connectivity index (χ1n) is 6.96. The summed E-state index contributed by atoms with van der Waals surface area (Å²) in [6.45, 7) is 3.99. The van der Waals surface area contributed by atoms with E-state index in [-0.39, 0.29) is 5.82 Å². The maximum atomic E-state index is 13.2. The third-order valence-electron chi connectivity index (χ3n) is 4.04. The second-order valence-corrected chi connectivity index (χ2v) is 5.20. The van der Waals surface area contributed by atoms with E-state index in [1.807, 2.05) is 6.07 Å². The average Bonchev–Trinajstić information content (AvgIpc) is 2.76. The van der Waals surface area contributed by atoms with Crippen LogP contribution in [0.25, 0.3) is 0 Å². The van der Waals surface area contributed by atoms with Gasteiger partial charge in [0.05, 0.1) is 0 Å². The summed E-state index contributed by atoms with van der Waals surface area (Å²) in [5.74, 6) is 0.483. The summed E-state index contributed by atoms with van der Waals surface area (Å²) >= 11 is 0. The predicted octanol–water partition coefficient (Wildman–Crippen LogP) is 3.17. The van der Waals surface area contributed by atoms with Gasteiger partial charge in [-0.15, -0.1) is 0 Å². The van der Waals surface area contributed by atoms with Crippen molar-refractivity contribution < 1.29 is 4.39 Å². The molecule has 1 aromatic rings. The fourth-order valence-electron chi connectivity index (χ4n) is 2.89. The van der Waals surface area contributed by atoms with Crippen LogP contribution in [0.4, 0.5) is 10.1 Å². The topological polar surface area (TPSA) is 29.3 Å². The van der Waals surface area contributed by atoms with Crippen LogP contribution in [0.2, 0.25) is 0 Å². The van der Waals surface area contributed by atoms with E-state index in [4.69, 9.17) is 5.73 Å². The summed E-state index contributed by atoms with van der Waals surface area (Å²) in [6.07, 6.45) is 4.79. The first-order valence-corrected chi connectivity index (χ1v) is 6.96. The highest BCUT2D eigenvalue weighted by molar-refractivity contribution is 5.46. The maximum absolute atomic E-state index is 13.2. The normalized spacial score (nSPS) is 23.3. The lowest BCUT2D eigenvalue weighted by Gasteiger charge is -2.26. The van der Waals surface area contributed by atoms with Crippen LogP contribution in [-0.2, 0) is 0 Å². The van der Waals surface area contributed by atoms with Gasteiger partial charge in [0, 0.05) is 24.8 Å². The molecule has 0 radical (unpaired) electrons. The fourth-order valence-corrected chi connectivity index (χ4v) is 2.89. The van der Waals surface area contributed by atoms with Crippen LogP contribution in [0.1, 0.15) is 32.6 Å². The van der Waals surface area contributed by atoms with Crippen LogP contribution < -0.4 is 10.6 Å². The first-order chi connectivity index (χ1) is 8.70. The molecule has 0 spiro atoms. The third-order valence-corrected chi connectivity index (χ3v) is 4.04. The van der Waals surface area contributed by atoms with Crippen LogP contribution in [-0.4, -0.2) is 19.1 Å². The molecule has 18 heavy (non-hydrogen) atoms. The number of benzene rings is 1. The molecule has 0 aliphatic heterocycles. The summed E-state index contributed by atoms with van der Waals surface area (Å²) in [5.41, 5.74) is 7.07. The molecule has 0 saturated heterocycles. The fraction of sp³-hybridized carbons (Fsp3) is 0.600. The molecule has 1 aliphatic rings. The zero-order valence-corrected chi connectivity index (χ0v) is 11.1. The standard InChI is InChI=1S/C15H23FN2/c1-2-18(14-7-4-6-13(16)11-14)10-9-12-5-3-8-15(12)17/h4,6-7,11-12,15H,2-3,5,8-10,17H2,1H3. The Morgan fingerprint density at radius 2 is 2.22 bits per heavy atom. The number of halogens is 1. The number of rotatable bonds is 5. The van der Waals surface area contributed by atoms with E-state index in [2.05, 4.69) is 11.8 Å². The lowest BCUT2D eigenvalue weighted by atomic mass is 10.00. The minimum Gasteiger partial charge on any atom is -0.372 e. The van der Waals surface area contributed by atoms with E-state index in [0.717, 1.165) is 31.6 Å². The van der Waals surface area contributed by atoms with E-state index in [0.29, 0.717) is 12.0 Å². The van der Waals surface area contributed by atoms with Gasteiger partial charge in [-0.1, -0.05) is 12.5 Å². The monoisotopic (exact) mass is 250 g/mol. The van der Waals surface area contributed by atoms with Gasteiger partial charge in [0.1, 0.15) is 5.82 Å². The molecule has 100 valence electrons. The molecule has 1 fully saturated rings. The molecular formula is C15H23FN2. The minimum absolute atomic E-state index is 0.163. The molecule has 0 heterocycles. The molecular weight excluding hydrogens is 227 g/mol.